The largest absolute Gasteiger partial charge is 0.522 e. The van der Waals surface area contributed by atoms with Gasteiger partial charge >= 0.3 is 6.36 Å². The third-order valence-electron chi connectivity index (χ3n) is 1.59. The topological polar surface area (TPSA) is 38.5 Å². The molecule has 0 bridgehead atoms. The highest BCUT2D eigenvalue weighted by atomic mass is 32.1. The lowest BCUT2D eigenvalue weighted by molar-refractivity contribution is -0.324. The predicted octanol–water partition coefficient (Wildman–Crippen LogP) is 1.52. The molecule has 0 amide bonds. The van der Waals surface area contributed by atoms with Crippen LogP contribution in [0.1, 0.15) is 13.3 Å². The molecule has 2 N–H and O–H groups in total. The van der Waals surface area contributed by atoms with E-state index in [1.807, 2.05) is 6.92 Å². The van der Waals surface area contributed by atoms with Crippen LogP contribution in [0.15, 0.2) is 0 Å². The molecular weight excluding hydrogens is 229 g/mol. The molecule has 0 aliphatic rings. The van der Waals surface area contributed by atoms with Crippen LogP contribution in [0.2, 0.25) is 0 Å². The smallest absolute Gasteiger partial charge is 0.392 e. The highest BCUT2D eigenvalue weighted by Gasteiger charge is 2.28. The van der Waals surface area contributed by atoms with Gasteiger partial charge in [0.15, 0.2) is 0 Å². The summed E-state index contributed by atoms with van der Waals surface area (Å²) >= 11 is 4.68. The number of hydrogen-bond acceptors (Lipinski definition) is 3. The van der Waals surface area contributed by atoms with E-state index in [0.717, 1.165) is 6.42 Å². The number of ether oxygens (including phenoxy) is 1. The fraction of sp³-hybridized carbons (Fsp3) is 0.875. The zero-order valence-electron chi connectivity index (χ0n) is 8.51. The minimum absolute atomic E-state index is 0.171. The third-order valence-corrected chi connectivity index (χ3v) is 1.72. The number of nitrogens with zero attached hydrogens (tertiary/aromatic N) is 1. The molecule has 0 heterocycles. The molecule has 7 heteroatoms. The Kier molecular flexibility index (Phi) is 6.78. The van der Waals surface area contributed by atoms with Gasteiger partial charge in [-0.1, -0.05) is 19.1 Å². The zero-order chi connectivity index (χ0) is 11.9. The van der Waals surface area contributed by atoms with Crippen molar-refractivity contribution >= 4 is 17.2 Å². The van der Waals surface area contributed by atoms with E-state index in [1.165, 1.54) is 0 Å². The normalized spacial score (nSPS) is 12.1. The molecule has 90 valence electrons. The van der Waals surface area contributed by atoms with Crippen LogP contribution in [0.4, 0.5) is 13.2 Å². The average Bonchev–Trinajstić information content (AvgIpc) is 2.00. The monoisotopic (exact) mass is 244 g/mol. The van der Waals surface area contributed by atoms with Crippen molar-refractivity contribution in [1.29, 1.82) is 0 Å². The fourth-order valence-corrected chi connectivity index (χ4v) is 1.28. The summed E-state index contributed by atoms with van der Waals surface area (Å²) in [6.45, 7) is 2.68. The molecule has 15 heavy (non-hydrogen) atoms. The molecular formula is C8H15F3N2OS. The van der Waals surface area contributed by atoms with Gasteiger partial charge < -0.3 is 5.73 Å². The van der Waals surface area contributed by atoms with E-state index in [4.69, 9.17) is 5.73 Å². The van der Waals surface area contributed by atoms with Gasteiger partial charge in [-0.3, -0.25) is 9.64 Å². The van der Waals surface area contributed by atoms with E-state index in [1.54, 1.807) is 4.90 Å². The van der Waals surface area contributed by atoms with E-state index in [0.29, 0.717) is 13.1 Å². The van der Waals surface area contributed by atoms with Crippen LogP contribution in [-0.4, -0.2) is 42.5 Å². The Morgan fingerprint density at radius 3 is 2.40 bits per heavy atom. The Morgan fingerprint density at radius 2 is 2.00 bits per heavy atom. The van der Waals surface area contributed by atoms with Gasteiger partial charge in [-0.2, -0.15) is 0 Å². The summed E-state index contributed by atoms with van der Waals surface area (Å²) in [5, 5.41) is 0. The summed E-state index contributed by atoms with van der Waals surface area (Å²) in [6.07, 6.45) is -3.74. The minimum atomic E-state index is -4.57. The Morgan fingerprint density at radius 1 is 1.40 bits per heavy atom. The molecule has 0 rings (SSSR count). The van der Waals surface area contributed by atoms with E-state index in [9.17, 15) is 13.2 Å². The Bertz CT molecular complexity index is 199. The van der Waals surface area contributed by atoms with E-state index in [-0.39, 0.29) is 11.5 Å². The summed E-state index contributed by atoms with van der Waals surface area (Å²) in [5.74, 6) is 0. The number of halogens is 3. The number of hydrogen-bond donors (Lipinski definition) is 1. The SMILES string of the molecule is CCCN(CCOC(F)(F)F)CC(N)=S. The van der Waals surface area contributed by atoms with Crippen LogP contribution in [0.25, 0.3) is 0 Å². The minimum Gasteiger partial charge on any atom is -0.392 e. The fourth-order valence-electron chi connectivity index (χ4n) is 1.10. The molecule has 0 saturated heterocycles. The Labute approximate surface area is 92.4 Å². The highest BCUT2D eigenvalue weighted by Crippen LogP contribution is 2.15. The first-order chi connectivity index (χ1) is 6.85. The highest BCUT2D eigenvalue weighted by molar-refractivity contribution is 7.80. The lowest BCUT2D eigenvalue weighted by atomic mass is 10.4. The second-order valence-electron chi connectivity index (χ2n) is 3.04. The summed E-state index contributed by atoms with van der Waals surface area (Å²) in [4.78, 5) is 2.00. The summed E-state index contributed by atoms with van der Waals surface area (Å²) in [6, 6.07) is 0. The third kappa shape index (κ3) is 9.89. The van der Waals surface area contributed by atoms with Gasteiger partial charge in [-0.05, 0) is 13.0 Å². The van der Waals surface area contributed by atoms with Crippen molar-refractivity contribution < 1.29 is 17.9 Å². The van der Waals surface area contributed by atoms with Gasteiger partial charge in [0.05, 0.1) is 11.6 Å². The van der Waals surface area contributed by atoms with E-state index < -0.39 is 13.0 Å². The molecule has 0 aromatic heterocycles. The zero-order valence-corrected chi connectivity index (χ0v) is 9.33. The summed E-state index contributed by atoms with van der Waals surface area (Å²) < 4.78 is 38.7. The van der Waals surface area contributed by atoms with Crippen LogP contribution in [0, 0.1) is 0 Å². The summed E-state index contributed by atoms with van der Waals surface area (Å²) in [5.41, 5.74) is 5.31. The lowest BCUT2D eigenvalue weighted by Gasteiger charge is -2.20. The van der Waals surface area contributed by atoms with Crippen LogP contribution in [0.3, 0.4) is 0 Å². The first-order valence-corrected chi connectivity index (χ1v) is 4.97. The Balaban J connectivity index is 3.80. The van der Waals surface area contributed by atoms with Crippen molar-refractivity contribution in [1.82, 2.24) is 4.90 Å². The first kappa shape index (κ1) is 14.6. The van der Waals surface area contributed by atoms with Crippen LogP contribution >= 0.6 is 12.2 Å². The van der Waals surface area contributed by atoms with Gasteiger partial charge in [0.1, 0.15) is 0 Å². The Hall–Kier alpha value is -0.400. The standard InChI is InChI=1S/C8H15F3N2OS/c1-2-3-13(6-7(12)15)4-5-14-8(9,10)11/h2-6H2,1H3,(H2,12,15). The van der Waals surface area contributed by atoms with Gasteiger partial charge in [-0.25, -0.2) is 0 Å². The molecule has 0 aromatic rings. The van der Waals surface area contributed by atoms with Crippen LogP contribution in [0.5, 0.6) is 0 Å². The molecule has 0 aromatic carbocycles. The molecule has 3 nitrogen and oxygen atoms in total. The maximum Gasteiger partial charge on any atom is 0.522 e. The second-order valence-corrected chi connectivity index (χ2v) is 3.56. The van der Waals surface area contributed by atoms with Gasteiger partial charge in [0, 0.05) is 13.1 Å². The average molecular weight is 244 g/mol. The van der Waals surface area contributed by atoms with E-state index >= 15 is 0 Å². The lowest BCUT2D eigenvalue weighted by Crippen LogP contribution is -2.36. The number of thiocarbonyl (C=S) groups is 1. The molecule has 0 fully saturated rings. The second kappa shape index (κ2) is 6.97. The van der Waals surface area contributed by atoms with Crippen molar-refractivity contribution in [2.45, 2.75) is 19.7 Å². The van der Waals surface area contributed by atoms with Crippen molar-refractivity contribution in [2.75, 3.05) is 26.2 Å². The van der Waals surface area contributed by atoms with Crippen LogP contribution in [-0.2, 0) is 4.74 Å². The van der Waals surface area contributed by atoms with Crippen molar-refractivity contribution in [3.8, 4) is 0 Å². The molecule has 0 unspecified atom stereocenters. The molecule has 0 atom stereocenters. The van der Waals surface area contributed by atoms with Crippen molar-refractivity contribution in [3.05, 3.63) is 0 Å². The molecule has 0 aliphatic heterocycles. The molecule has 0 aliphatic carbocycles. The van der Waals surface area contributed by atoms with Crippen molar-refractivity contribution in [2.24, 2.45) is 5.73 Å². The van der Waals surface area contributed by atoms with Crippen molar-refractivity contribution in [3.63, 3.8) is 0 Å². The van der Waals surface area contributed by atoms with Gasteiger partial charge in [0.2, 0.25) is 0 Å². The van der Waals surface area contributed by atoms with Crippen LogP contribution < -0.4 is 5.73 Å². The molecule has 0 radical (unpaired) electrons. The predicted molar refractivity (Wildman–Crippen MR) is 55.5 cm³/mol. The quantitative estimate of drug-likeness (QED) is 0.689. The molecule has 0 saturated carbocycles. The van der Waals surface area contributed by atoms with Gasteiger partial charge in [-0.15, -0.1) is 13.2 Å². The maximum atomic E-state index is 11.7. The number of nitrogens with two attached hydrogens (primary N) is 1. The summed E-state index contributed by atoms with van der Waals surface area (Å²) in [7, 11) is 0. The molecule has 0 spiro atoms. The van der Waals surface area contributed by atoms with E-state index in [2.05, 4.69) is 17.0 Å². The van der Waals surface area contributed by atoms with Gasteiger partial charge in [0.25, 0.3) is 0 Å². The first-order valence-electron chi connectivity index (χ1n) is 4.56. The number of rotatable bonds is 7. The number of alkyl halides is 3. The maximum absolute atomic E-state index is 11.7.